The van der Waals surface area contributed by atoms with Crippen LogP contribution in [0, 0.1) is 0 Å². The lowest BCUT2D eigenvalue weighted by Crippen LogP contribution is -2.32. The number of hydrogen-bond acceptors (Lipinski definition) is 4. The van der Waals surface area contributed by atoms with E-state index in [1.165, 1.54) is 40.8 Å². The zero-order valence-corrected chi connectivity index (χ0v) is 22.5. The zero-order chi connectivity index (χ0) is 27.1. The third kappa shape index (κ3) is 4.62. The maximum Gasteiger partial charge on any atom is 0.259 e. The molecule has 6 nitrogen and oxygen atoms in total. The second-order valence-corrected chi connectivity index (χ2v) is 12.1. The van der Waals surface area contributed by atoms with Gasteiger partial charge in [0.05, 0.1) is 33.6 Å². The van der Waals surface area contributed by atoms with Gasteiger partial charge in [0.25, 0.3) is 11.8 Å². The topological polar surface area (TPSA) is 83.6 Å². The van der Waals surface area contributed by atoms with Gasteiger partial charge >= 0.3 is 0 Å². The molecule has 4 aromatic carbocycles. The van der Waals surface area contributed by atoms with E-state index >= 15 is 0 Å². The minimum absolute atomic E-state index is 0.0256. The van der Waals surface area contributed by atoms with E-state index in [0.717, 1.165) is 30.4 Å². The molecule has 0 bridgehead atoms. The summed E-state index contributed by atoms with van der Waals surface area (Å²) in [6.45, 7) is 0.0807. The van der Waals surface area contributed by atoms with E-state index in [4.69, 9.17) is 11.6 Å². The van der Waals surface area contributed by atoms with E-state index in [0.29, 0.717) is 5.02 Å². The van der Waals surface area contributed by atoms with Gasteiger partial charge in [0.2, 0.25) is 9.84 Å². The van der Waals surface area contributed by atoms with Crippen molar-refractivity contribution in [3.05, 3.63) is 124 Å². The molecular weight excluding hydrogens is 532 g/mol. The van der Waals surface area contributed by atoms with Crippen LogP contribution in [0.25, 0.3) is 0 Å². The van der Waals surface area contributed by atoms with Crippen LogP contribution in [0.5, 0.6) is 0 Å². The number of halogens is 1. The molecule has 0 unspecified atom stereocenters. The van der Waals surface area contributed by atoms with Gasteiger partial charge in [-0.25, -0.2) is 8.42 Å². The molecule has 0 fully saturated rings. The van der Waals surface area contributed by atoms with Crippen LogP contribution in [-0.4, -0.2) is 20.2 Å². The number of carbonyl (C=O) groups is 2. The Hall–Kier alpha value is -3.94. The van der Waals surface area contributed by atoms with Gasteiger partial charge in [-0.2, -0.15) is 0 Å². The average molecular weight is 557 g/mol. The first-order valence-electron chi connectivity index (χ1n) is 12.8. The minimum atomic E-state index is -4.03. The predicted octanol–water partition coefficient (Wildman–Crippen LogP) is 6.14. The third-order valence-electron chi connectivity index (χ3n) is 7.36. The summed E-state index contributed by atoms with van der Waals surface area (Å²) in [5.74, 6) is -0.791. The molecule has 4 aromatic rings. The Morgan fingerprint density at radius 3 is 2.56 bits per heavy atom. The van der Waals surface area contributed by atoms with E-state index in [1.54, 1.807) is 30.3 Å². The van der Waals surface area contributed by atoms with E-state index < -0.39 is 15.7 Å². The van der Waals surface area contributed by atoms with Gasteiger partial charge in [0, 0.05) is 10.6 Å². The minimum Gasteiger partial charge on any atom is -0.345 e. The highest BCUT2D eigenvalue weighted by molar-refractivity contribution is 7.91. The highest BCUT2D eigenvalue weighted by Gasteiger charge is 2.36. The fourth-order valence-electron chi connectivity index (χ4n) is 5.47. The van der Waals surface area contributed by atoms with E-state index in [2.05, 4.69) is 11.4 Å². The molecule has 2 amide bonds. The Morgan fingerprint density at radius 1 is 0.923 bits per heavy atom. The van der Waals surface area contributed by atoms with Gasteiger partial charge in [-0.1, -0.05) is 60.1 Å². The van der Waals surface area contributed by atoms with Crippen LogP contribution in [-0.2, 0) is 22.8 Å². The number of amides is 2. The quantitative estimate of drug-likeness (QED) is 0.327. The molecule has 0 spiro atoms. The Morgan fingerprint density at radius 2 is 1.72 bits per heavy atom. The maximum absolute atomic E-state index is 13.8. The Balaban J connectivity index is 1.43. The van der Waals surface area contributed by atoms with Gasteiger partial charge in [0.1, 0.15) is 0 Å². The van der Waals surface area contributed by atoms with Gasteiger partial charge < -0.3 is 10.2 Å². The lowest BCUT2D eigenvalue weighted by Gasteiger charge is -2.27. The first-order chi connectivity index (χ1) is 18.8. The average Bonchev–Trinajstić information content (AvgIpc) is 3.01. The van der Waals surface area contributed by atoms with Crippen molar-refractivity contribution in [2.24, 2.45) is 0 Å². The smallest absolute Gasteiger partial charge is 0.259 e. The van der Waals surface area contributed by atoms with Crippen molar-refractivity contribution in [3.8, 4) is 0 Å². The first-order valence-corrected chi connectivity index (χ1v) is 14.6. The Kier molecular flexibility index (Phi) is 6.49. The highest BCUT2D eigenvalue weighted by Crippen LogP contribution is 2.38. The number of carbonyl (C=O) groups excluding carboxylic acids is 2. The Bertz CT molecular complexity index is 1730. The second-order valence-electron chi connectivity index (χ2n) is 9.82. The molecule has 39 heavy (non-hydrogen) atoms. The van der Waals surface area contributed by atoms with Crippen molar-refractivity contribution in [1.29, 1.82) is 0 Å². The standard InChI is InChI=1S/C31H25ClN2O4S/c32-23-10-5-7-20(17-23)19-34-27-18-22(30(35)33-26-13-6-9-21-8-1-2-11-24(21)26)15-16-29(27)39(37,38)28-14-4-3-12-25(28)31(34)36/h1-5,7-8,10-12,14-18,26H,6,9,13,19H2,(H,33,35)/t26-/m0/s1. The summed E-state index contributed by atoms with van der Waals surface area (Å²) in [5.41, 5.74) is 3.57. The number of fused-ring (bicyclic) bond motifs is 3. The van der Waals surface area contributed by atoms with Gasteiger partial charge in [-0.15, -0.1) is 0 Å². The summed E-state index contributed by atoms with van der Waals surface area (Å²) in [6, 6.07) is 25.6. The molecule has 8 heteroatoms. The van der Waals surface area contributed by atoms with Crippen LogP contribution in [0.3, 0.4) is 0 Å². The molecule has 0 radical (unpaired) electrons. The SMILES string of the molecule is O=C(N[C@H]1CCCc2ccccc21)c1ccc2c(c1)N(Cc1cccc(Cl)c1)C(=O)c1ccccc1S2(=O)=O. The molecule has 1 atom stereocenters. The molecule has 6 rings (SSSR count). The van der Waals surface area contributed by atoms with E-state index in [-0.39, 0.29) is 45.1 Å². The van der Waals surface area contributed by atoms with Crippen molar-refractivity contribution < 1.29 is 18.0 Å². The number of hydrogen-bond donors (Lipinski definition) is 1. The van der Waals surface area contributed by atoms with Crippen molar-refractivity contribution >= 4 is 38.9 Å². The summed E-state index contributed by atoms with van der Waals surface area (Å²) in [7, 11) is -4.03. The first kappa shape index (κ1) is 25.3. The molecule has 0 saturated carbocycles. The lowest BCUT2D eigenvalue weighted by atomic mass is 9.87. The molecule has 1 aliphatic heterocycles. The second kappa shape index (κ2) is 9.98. The molecule has 2 aliphatic rings. The maximum atomic E-state index is 13.8. The van der Waals surface area contributed by atoms with E-state index in [1.807, 2.05) is 24.3 Å². The van der Waals surface area contributed by atoms with Gasteiger partial charge in [-0.05, 0) is 78.4 Å². The monoisotopic (exact) mass is 556 g/mol. The number of aryl methyl sites for hydroxylation is 1. The summed E-state index contributed by atoms with van der Waals surface area (Å²) < 4.78 is 27.5. The van der Waals surface area contributed by atoms with Crippen molar-refractivity contribution in [2.45, 2.75) is 41.6 Å². The summed E-state index contributed by atoms with van der Waals surface area (Å²) in [5, 5.41) is 3.63. The van der Waals surface area contributed by atoms with Crippen molar-refractivity contribution in [3.63, 3.8) is 0 Å². The van der Waals surface area contributed by atoms with Crippen LogP contribution in [0.1, 0.15) is 56.3 Å². The number of sulfone groups is 1. The number of rotatable bonds is 4. The van der Waals surface area contributed by atoms with Crippen LogP contribution < -0.4 is 10.2 Å². The molecule has 1 heterocycles. The van der Waals surface area contributed by atoms with Gasteiger partial charge in [-0.3, -0.25) is 9.59 Å². The zero-order valence-electron chi connectivity index (χ0n) is 20.9. The number of benzene rings is 4. The molecule has 1 aliphatic carbocycles. The highest BCUT2D eigenvalue weighted by atomic mass is 35.5. The van der Waals surface area contributed by atoms with Crippen LogP contribution in [0.4, 0.5) is 5.69 Å². The summed E-state index contributed by atoms with van der Waals surface area (Å²) in [4.78, 5) is 28.7. The van der Waals surface area contributed by atoms with Crippen molar-refractivity contribution in [2.75, 3.05) is 4.90 Å². The summed E-state index contributed by atoms with van der Waals surface area (Å²) >= 11 is 6.20. The van der Waals surface area contributed by atoms with Crippen LogP contribution in [0.15, 0.2) is 101 Å². The lowest BCUT2D eigenvalue weighted by molar-refractivity contribution is 0.0930. The van der Waals surface area contributed by atoms with Crippen LogP contribution in [0.2, 0.25) is 5.02 Å². The fourth-order valence-corrected chi connectivity index (χ4v) is 7.31. The normalized spacial score (nSPS) is 17.4. The largest absolute Gasteiger partial charge is 0.345 e. The Labute approximate surface area is 232 Å². The predicted molar refractivity (Wildman–Crippen MR) is 150 cm³/mol. The molecule has 0 aromatic heterocycles. The van der Waals surface area contributed by atoms with E-state index in [9.17, 15) is 18.0 Å². The molecule has 196 valence electrons. The van der Waals surface area contributed by atoms with Crippen LogP contribution >= 0.6 is 11.6 Å². The summed E-state index contributed by atoms with van der Waals surface area (Å²) in [6.07, 6.45) is 2.75. The van der Waals surface area contributed by atoms with Gasteiger partial charge in [0.15, 0.2) is 0 Å². The number of nitrogens with one attached hydrogen (secondary N) is 1. The fraction of sp³-hybridized carbons (Fsp3) is 0.161. The third-order valence-corrected chi connectivity index (χ3v) is 9.45. The molecular formula is C31H25ClN2O4S. The number of anilines is 1. The molecule has 1 N–H and O–H groups in total. The molecule has 0 saturated heterocycles. The number of nitrogens with zero attached hydrogens (tertiary/aromatic N) is 1. The van der Waals surface area contributed by atoms with Crippen molar-refractivity contribution in [1.82, 2.24) is 5.32 Å².